The molecule has 0 bridgehead atoms. The molecule has 142 valence electrons. The Balaban J connectivity index is 1.62. The third-order valence-corrected chi connectivity index (χ3v) is 4.99. The molecule has 0 saturated carbocycles. The average Bonchev–Trinajstić information content (AvgIpc) is 2.68. The van der Waals surface area contributed by atoms with Crippen LogP contribution in [0, 0.1) is 10.1 Å². The Morgan fingerprint density at radius 1 is 1.22 bits per heavy atom. The van der Waals surface area contributed by atoms with Crippen molar-refractivity contribution in [2.24, 2.45) is 0 Å². The van der Waals surface area contributed by atoms with E-state index < -0.39 is 4.92 Å². The van der Waals surface area contributed by atoms with Gasteiger partial charge in [0, 0.05) is 16.7 Å². The minimum Gasteiger partial charge on any atom is -0.497 e. The van der Waals surface area contributed by atoms with Crippen molar-refractivity contribution in [3.05, 3.63) is 68.7 Å². The summed E-state index contributed by atoms with van der Waals surface area (Å²) in [5.74, 6) is 0.486. The first-order valence-electron chi connectivity index (χ1n) is 8.67. The number of nitro groups is 1. The first kappa shape index (κ1) is 19.1. The van der Waals surface area contributed by atoms with E-state index in [0.717, 1.165) is 25.4 Å². The number of piperazine rings is 1. The lowest BCUT2D eigenvalue weighted by molar-refractivity contribution is -0.917. The Morgan fingerprint density at radius 2 is 1.89 bits per heavy atom. The Hall–Kier alpha value is -2.64. The van der Waals surface area contributed by atoms with E-state index in [1.54, 1.807) is 12.0 Å². The summed E-state index contributed by atoms with van der Waals surface area (Å²) in [6.45, 7) is 3.53. The van der Waals surface area contributed by atoms with E-state index in [-0.39, 0.29) is 17.2 Å². The highest BCUT2D eigenvalue weighted by Gasteiger charge is 2.29. The van der Waals surface area contributed by atoms with Gasteiger partial charge in [-0.1, -0.05) is 11.6 Å². The summed E-state index contributed by atoms with van der Waals surface area (Å²) in [7, 11) is 1.64. The van der Waals surface area contributed by atoms with Crippen molar-refractivity contribution < 1.29 is 19.4 Å². The highest BCUT2D eigenvalue weighted by molar-refractivity contribution is 6.31. The fraction of sp³-hybridized carbons (Fsp3) is 0.316. The van der Waals surface area contributed by atoms with E-state index in [4.69, 9.17) is 16.3 Å². The lowest BCUT2D eigenvalue weighted by Crippen LogP contribution is -3.13. The molecule has 7 nitrogen and oxygen atoms in total. The van der Waals surface area contributed by atoms with E-state index in [0.29, 0.717) is 18.1 Å². The predicted octanol–water partition coefficient (Wildman–Crippen LogP) is 1.80. The van der Waals surface area contributed by atoms with Gasteiger partial charge in [-0.2, -0.15) is 0 Å². The molecule has 1 saturated heterocycles. The number of benzene rings is 2. The molecule has 1 N–H and O–H groups in total. The van der Waals surface area contributed by atoms with Crippen LogP contribution in [0.4, 0.5) is 5.69 Å². The van der Waals surface area contributed by atoms with Crippen LogP contribution in [0.25, 0.3) is 0 Å². The second-order valence-electron chi connectivity index (χ2n) is 6.49. The van der Waals surface area contributed by atoms with Crippen LogP contribution in [0.1, 0.15) is 15.9 Å². The van der Waals surface area contributed by atoms with Crippen molar-refractivity contribution in [1.82, 2.24) is 4.90 Å². The van der Waals surface area contributed by atoms with Crippen molar-refractivity contribution in [3.63, 3.8) is 0 Å². The molecule has 1 amide bonds. The van der Waals surface area contributed by atoms with Gasteiger partial charge < -0.3 is 14.5 Å². The smallest absolute Gasteiger partial charge is 0.282 e. The molecule has 1 heterocycles. The van der Waals surface area contributed by atoms with Gasteiger partial charge in [-0.05, 0) is 36.4 Å². The molecule has 0 unspecified atom stereocenters. The molecular weight excluding hydrogens is 370 g/mol. The number of nitrogens with one attached hydrogen (secondary N) is 1. The Bertz CT molecular complexity index is 833. The van der Waals surface area contributed by atoms with Crippen LogP contribution in [0.15, 0.2) is 42.5 Å². The maximum Gasteiger partial charge on any atom is 0.282 e. The molecular formula is C19H21ClN3O4+. The van der Waals surface area contributed by atoms with Crippen molar-refractivity contribution in [2.45, 2.75) is 6.54 Å². The number of quaternary nitrogens is 1. The molecule has 27 heavy (non-hydrogen) atoms. The van der Waals surface area contributed by atoms with Crippen LogP contribution in [0.3, 0.4) is 0 Å². The summed E-state index contributed by atoms with van der Waals surface area (Å²) in [5, 5.41) is 11.5. The van der Waals surface area contributed by atoms with Crippen molar-refractivity contribution in [1.29, 1.82) is 0 Å². The number of methoxy groups -OCH3 is 1. The number of halogens is 1. The first-order chi connectivity index (χ1) is 13.0. The molecule has 2 aromatic carbocycles. The fourth-order valence-electron chi connectivity index (χ4n) is 3.24. The number of nitrogens with zero attached hydrogens (tertiary/aromatic N) is 2. The molecule has 3 rings (SSSR count). The van der Waals surface area contributed by atoms with Crippen LogP contribution in [0.5, 0.6) is 5.75 Å². The van der Waals surface area contributed by atoms with Crippen LogP contribution in [-0.4, -0.2) is 49.0 Å². The summed E-state index contributed by atoms with van der Waals surface area (Å²) in [6, 6.07) is 12.0. The largest absolute Gasteiger partial charge is 0.497 e. The van der Waals surface area contributed by atoms with Crippen molar-refractivity contribution >= 4 is 23.2 Å². The molecule has 0 spiro atoms. The number of hydrogen-bond acceptors (Lipinski definition) is 4. The number of amides is 1. The minimum atomic E-state index is -0.547. The van der Waals surface area contributed by atoms with Crippen LogP contribution < -0.4 is 9.64 Å². The van der Waals surface area contributed by atoms with Gasteiger partial charge in [0.2, 0.25) is 0 Å². The third-order valence-electron chi connectivity index (χ3n) is 4.76. The number of ether oxygens (including phenoxy) is 1. The molecule has 1 aliphatic rings. The lowest BCUT2D eigenvalue weighted by atomic mass is 10.1. The maximum atomic E-state index is 12.8. The van der Waals surface area contributed by atoms with E-state index in [2.05, 4.69) is 0 Å². The molecule has 0 aromatic heterocycles. The number of rotatable bonds is 5. The average molecular weight is 391 g/mol. The van der Waals surface area contributed by atoms with Gasteiger partial charge in [0.25, 0.3) is 11.6 Å². The topological polar surface area (TPSA) is 77.1 Å². The number of hydrogen-bond donors (Lipinski definition) is 1. The highest BCUT2D eigenvalue weighted by atomic mass is 35.5. The summed E-state index contributed by atoms with van der Waals surface area (Å²) in [6.07, 6.45) is 0. The molecule has 0 atom stereocenters. The number of carbonyl (C=O) groups is 1. The second-order valence-corrected chi connectivity index (χ2v) is 6.92. The zero-order valence-electron chi connectivity index (χ0n) is 15.0. The number of nitro benzene ring substituents is 1. The predicted molar refractivity (Wildman–Crippen MR) is 101 cm³/mol. The maximum absolute atomic E-state index is 12.8. The molecule has 0 aliphatic carbocycles. The molecule has 1 fully saturated rings. The van der Waals surface area contributed by atoms with Crippen LogP contribution in [-0.2, 0) is 6.54 Å². The molecule has 0 radical (unpaired) electrons. The Kier molecular flexibility index (Phi) is 5.93. The first-order valence-corrected chi connectivity index (χ1v) is 9.05. The van der Waals surface area contributed by atoms with Gasteiger partial charge in [-0.25, -0.2) is 0 Å². The third kappa shape index (κ3) is 4.56. The van der Waals surface area contributed by atoms with Gasteiger partial charge >= 0.3 is 0 Å². The summed E-state index contributed by atoms with van der Waals surface area (Å²) in [5.41, 5.74) is 1.04. The van der Waals surface area contributed by atoms with Gasteiger partial charge in [0.1, 0.15) is 17.9 Å². The zero-order valence-corrected chi connectivity index (χ0v) is 15.7. The Morgan fingerprint density at radius 3 is 2.48 bits per heavy atom. The van der Waals surface area contributed by atoms with Gasteiger partial charge in [-0.3, -0.25) is 14.9 Å². The quantitative estimate of drug-likeness (QED) is 0.623. The molecule has 2 aromatic rings. The summed E-state index contributed by atoms with van der Waals surface area (Å²) in [4.78, 5) is 26.4. The van der Waals surface area contributed by atoms with Crippen molar-refractivity contribution in [2.75, 3.05) is 33.3 Å². The van der Waals surface area contributed by atoms with E-state index in [1.165, 1.54) is 28.7 Å². The van der Waals surface area contributed by atoms with Crippen LogP contribution in [0.2, 0.25) is 5.02 Å². The normalized spacial score (nSPS) is 14.8. The minimum absolute atomic E-state index is 0.0473. The molecule has 8 heteroatoms. The zero-order chi connectivity index (χ0) is 19.4. The van der Waals surface area contributed by atoms with E-state index >= 15 is 0 Å². The molecule has 1 aliphatic heterocycles. The van der Waals surface area contributed by atoms with Gasteiger partial charge in [0.05, 0.1) is 38.2 Å². The second kappa shape index (κ2) is 8.37. The number of carbonyl (C=O) groups excluding carboxylic acids is 1. The van der Waals surface area contributed by atoms with E-state index in [9.17, 15) is 14.9 Å². The van der Waals surface area contributed by atoms with Gasteiger partial charge in [0.15, 0.2) is 0 Å². The monoisotopic (exact) mass is 390 g/mol. The van der Waals surface area contributed by atoms with Crippen molar-refractivity contribution in [3.8, 4) is 5.75 Å². The lowest BCUT2D eigenvalue weighted by Gasteiger charge is -2.32. The fourth-order valence-corrected chi connectivity index (χ4v) is 3.42. The van der Waals surface area contributed by atoms with Gasteiger partial charge in [-0.15, -0.1) is 0 Å². The highest BCUT2D eigenvalue weighted by Crippen LogP contribution is 2.24. The summed E-state index contributed by atoms with van der Waals surface area (Å²) < 4.78 is 5.17. The standard InChI is InChI=1S/C19H20ClN3O4/c1-27-16-5-2-14(3-6-16)13-21-8-10-22(11-9-21)19(24)17-12-15(20)4-7-18(17)23(25)26/h2-7,12H,8-11,13H2,1H3/p+1. The van der Waals surface area contributed by atoms with E-state index in [1.807, 2.05) is 24.3 Å². The summed E-state index contributed by atoms with van der Waals surface area (Å²) >= 11 is 5.93. The SMILES string of the molecule is COc1ccc(C[NH+]2CCN(C(=O)c3cc(Cl)ccc3[N+](=O)[O-])CC2)cc1. The Labute approximate surface area is 162 Å². The van der Waals surface area contributed by atoms with Crippen LogP contribution >= 0.6 is 11.6 Å².